The van der Waals surface area contributed by atoms with E-state index in [2.05, 4.69) is 45.9 Å². The van der Waals surface area contributed by atoms with Gasteiger partial charge in [0.2, 0.25) is 21.1 Å². The lowest BCUT2D eigenvalue weighted by Gasteiger charge is -2.13. The fraction of sp³-hybridized carbons (Fsp3) is 0.208. The molecule has 0 bridgehead atoms. The third-order valence-corrected chi connectivity index (χ3v) is 6.74. The number of nitrogens with two attached hydrogens (primary N) is 1. The molecular formula is C24H27N4O2S+. The van der Waals surface area contributed by atoms with Crippen molar-refractivity contribution < 1.29 is 13.0 Å². The first-order valence-electron chi connectivity index (χ1n) is 10.4. The van der Waals surface area contributed by atoms with Gasteiger partial charge in [-0.15, -0.1) is 0 Å². The number of benzene rings is 3. The molecule has 0 fully saturated rings. The quantitative estimate of drug-likeness (QED) is 0.221. The summed E-state index contributed by atoms with van der Waals surface area (Å²) in [6, 6.07) is 23.9. The van der Waals surface area contributed by atoms with Crippen molar-refractivity contribution in [3.63, 3.8) is 0 Å². The smallest absolute Gasteiger partial charge is 0.232 e. The van der Waals surface area contributed by atoms with Gasteiger partial charge in [0.05, 0.1) is 22.2 Å². The van der Waals surface area contributed by atoms with Crippen LogP contribution in [0.3, 0.4) is 0 Å². The van der Waals surface area contributed by atoms with Crippen LogP contribution in [0.25, 0.3) is 21.8 Å². The number of nitrogens with one attached hydrogen (secondary N) is 2. The van der Waals surface area contributed by atoms with Gasteiger partial charge in [-0.3, -0.25) is 4.72 Å². The molecule has 4 rings (SSSR count). The molecule has 31 heavy (non-hydrogen) atoms. The van der Waals surface area contributed by atoms with E-state index in [0.29, 0.717) is 25.1 Å². The maximum atomic E-state index is 12.2. The van der Waals surface area contributed by atoms with E-state index in [-0.39, 0.29) is 5.75 Å². The number of nitrogens with zero attached hydrogens (tertiary/aromatic N) is 1. The third kappa shape index (κ3) is 4.62. The van der Waals surface area contributed by atoms with Crippen LogP contribution in [0.2, 0.25) is 0 Å². The van der Waals surface area contributed by atoms with Crippen molar-refractivity contribution in [2.75, 3.05) is 22.3 Å². The molecular weight excluding hydrogens is 408 g/mol. The summed E-state index contributed by atoms with van der Waals surface area (Å²) in [5.41, 5.74) is 10.2. The number of pyridine rings is 1. The molecule has 1 heterocycles. The van der Waals surface area contributed by atoms with Crippen LogP contribution < -0.4 is 20.3 Å². The minimum atomic E-state index is -3.37. The van der Waals surface area contributed by atoms with Crippen LogP contribution >= 0.6 is 0 Å². The highest BCUT2D eigenvalue weighted by Gasteiger charge is 2.17. The van der Waals surface area contributed by atoms with E-state index in [1.54, 1.807) is 12.1 Å². The molecule has 0 amide bonds. The molecule has 0 aliphatic carbocycles. The number of aryl methyl sites for hydroxylation is 1. The van der Waals surface area contributed by atoms with Crippen LogP contribution in [0.4, 0.5) is 17.1 Å². The van der Waals surface area contributed by atoms with E-state index in [9.17, 15) is 8.42 Å². The van der Waals surface area contributed by atoms with Crippen molar-refractivity contribution in [3.05, 3.63) is 72.8 Å². The van der Waals surface area contributed by atoms with Crippen LogP contribution in [-0.2, 0) is 17.1 Å². The predicted molar refractivity (Wildman–Crippen MR) is 128 cm³/mol. The number of anilines is 3. The fourth-order valence-corrected chi connectivity index (χ4v) is 4.98. The van der Waals surface area contributed by atoms with Gasteiger partial charge < -0.3 is 11.1 Å². The monoisotopic (exact) mass is 435 g/mol. The fourth-order valence-electron chi connectivity index (χ4n) is 3.80. The Hall–Kier alpha value is -3.16. The zero-order chi connectivity index (χ0) is 21.8. The molecule has 7 heteroatoms. The first kappa shape index (κ1) is 21.1. The van der Waals surface area contributed by atoms with Gasteiger partial charge in [-0.1, -0.05) is 24.3 Å². The van der Waals surface area contributed by atoms with E-state index < -0.39 is 10.0 Å². The molecule has 0 saturated heterocycles. The van der Waals surface area contributed by atoms with Gasteiger partial charge in [0, 0.05) is 23.5 Å². The van der Waals surface area contributed by atoms with Gasteiger partial charge in [-0.05, 0) is 55.8 Å². The molecule has 3 aromatic carbocycles. The summed E-state index contributed by atoms with van der Waals surface area (Å²) in [6.45, 7) is 0.497. The van der Waals surface area contributed by atoms with E-state index in [1.165, 1.54) is 0 Å². The van der Waals surface area contributed by atoms with Crippen molar-refractivity contribution in [2.45, 2.75) is 12.8 Å². The maximum Gasteiger partial charge on any atom is 0.232 e. The molecule has 0 spiro atoms. The summed E-state index contributed by atoms with van der Waals surface area (Å²) in [5.74, 6) is 0.0726. The number of hydrogen-bond donors (Lipinski definition) is 3. The highest BCUT2D eigenvalue weighted by atomic mass is 32.2. The zero-order valence-electron chi connectivity index (χ0n) is 17.5. The van der Waals surface area contributed by atoms with Crippen LogP contribution in [0.5, 0.6) is 0 Å². The lowest BCUT2D eigenvalue weighted by atomic mass is 10.1. The highest BCUT2D eigenvalue weighted by Crippen LogP contribution is 2.32. The van der Waals surface area contributed by atoms with E-state index in [1.807, 2.05) is 36.4 Å². The first-order chi connectivity index (χ1) is 15.0. The average Bonchev–Trinajstić information content (AvgIpc) is 2.78. The molecule has 1 aromatic heterocycles. The summed E-state index contributed by atoms with van der Waals surface area (Å²) in [4.78, 5) is 0. The molecule has 4 aromatic rings. The predicted octanol–water partition coefficient (Wildman–Crippen LogP) is 4.04. The Balaban J connectivity index is 1.63. The Morgan fingerprint density at radius 3 is 1.94 bits per heavy atom. The Labute approximate surface area is 182 Å². The summed E-state index contributed by atoms with van der Waals surface area (Å²) >= 11 is 0. The van der Waals surface area contributed by atoms with Gasteiger partial charge >= 0.3 is 0 Å². The average molecular weight is 436 g/mol. The van der Waals surface area contributed by atoms with Crippen molar-refractivity contribution in [3.8, 4) is 0 Å². The Bertz CT molecular complexity index is 1260. The minimum Gasteiger partial charge on any atom is -0.354 e. The van der Waals surface area contributed by atoms with Gasteiger partial charge in [0.15, 0.2) is 0 Å². The van der Waals surface area contributed by atoms with Gasteiger partial charge in [-0.25, -0.2) is 8.42 Å². The lowest BCUT2D eigenvalue weighted by molar-refractivity contribution is -0.617. The number of aromatic nitrogens is 1. The summed E-state index contributed by atoms with van der Waals surface area (Å²) < 4.78 is 29.2. The summed E-state index contributed by atoms with van der Waals surface area (Å²) in [5, 5.41) is 5.78. The normalized spacial score (nSPS) is 11.7. The van der Waals surface area contributed by atoms with Crippen molar-refractivity contribution in [2.24, 2.45) is 12.8 Å². The van der Waals surface area contributed by atoms with Crippen LogP contribution in [0.15, 0.2) is 72.8 Å². The molecule has 0 aliphatic rings. The number of hydrogen-bond acceptors (Lipinski definition) is 4. The van der Waals surface area contributed by atoms with Crippen molar-refractivity contribution >= 4 is 48.9 Å². The molecule has 0 atom stereocenters. The Morgan fingerprint density at radius 2 is 1.35 bits per heavy atom. The second-order valence-electron chi connectivity index (χ2n) is 7.59. The highest BCUT2D eigenvalue weighted by molar-refractivity contribution is 7.92. The van der Waals surface area contributed by atoms with Crippen LogP contribution in [-0.4, -0.2) is 20.7 Å². The Morgan fingerprint density at radius 1 is 0.806 bits per heavy atom. The van der Waals surface area contributed by atoms with Gasteiger partial charge in [0.25, 0.3) is 0 Å². The second-order valence-corrected chi connectivity index (χ2v) is 9.43. The Kier molecular flexibility index (Phi) is 6.06. The van der Waals surface area contributed by atoms with Crippen LogP contribution in [0.1, 0.15) is 12.8 Å². The molecule has 4 N–H and O–H groups in total. The van der Waals surface area contributed by atoms with E-state index in [0.717, 1.165) is 33.2 Å². The molecule has 160 valence electrons. The first-order valence-corrected chi connectivity index (χ1v) is 12.0. The number of rotatable bonds is 8. The largest absolute Gasteiger partial charge is 0.354 e. The van der Waals surface area contributed by atoms with Gasteiger partial charge in [0.1, 0.15) is 7.05 Å². The van der Waals surface area contributed by atoms with Gasteiger partial charge in [-0.2, -0.15) is 4.57 Å². The molecule has 0 radical (unpaired) electrons. The standard InChI is InChI=1S/C24H26N4O2S/c1-28-22-10-4-2-8-20(22)24(21-9-3-5-11-23(21)28)26-18-12-14-19(15-13-18)27-31(29,30)17-7-6-16-25/h2-5,8-15,27H,6-7,16-17,25H2,1H3/p+1. The number of para-hydroxylation sites is 2. The van der Waals surface area contributed by atoms with E-state index >= 15 is 0 Å². The summed E-state index contributed by atoms with van der Waals surface area (Å²) in [7, 11) is -1.30. The summed E-state index contributed by atoms with van der Waals surface area (Å²) in [6.07, 6.45) is 1.25. The van der Waals surface area contributed by atoms with Crippen molar-refractivity contribution in [1.29, 1.82) is 0 Å². The van der Waals surface area contributed by atoms with E-state index in [4.69, 9.17) is 5.73 Å². The topological polar surface area (TPSA) is 88.1 Å². The number of unbranched alkanes of at least 4 members (excludes halogenated alkanes) is 1. The van der Waals surface area contributed by atoms with Crippen molar-refractivity contribution in [1.82, 2.24) is 0 Å². The number of sulfonamides is 1. The SMILES string of the molecule is C[n+]1c2ccccc2c(Nc2ccc(NS(=O)(=O)CCCCN)cc2)c2ccccc21. The minimum absolute atomic E-state index is 0.0726. The maximum absolute atomic E-state index is 12.2. The number of fused-ring (bicyclic) bond motifs is 2. The molecule has 0 unspecified atom stereocenters. The molecule has 0 saturated carbocycles. The lowest BCUT2D eigenvalue weighted by Crippen LogP contribution is -2.30. The van der Waals surface area contributed by atoms with Crippen LogP contribution in [0, 0.1) is 0 Å². The zero-order valence-corrected chi connectivity index (χ0v) is 18.3. The molecule has 6 nitrogen and oxygen atoms in total. The molecule has 0 aliphatic heterocycles. The second kappa shape index (κ2) is 8.91. The third-order valence-electron chi connectivity index (χ3n) is 5.36.